The molecule has 1 N–H and O–H groups in total. The summed E-state index contributed by atoms with van der Waals surface area (Å²) in [6.45, 7) is 1.82. The van der Waals surface area contributed by atoms with Crippen LogP contribution in [0.2, 0.25) is 5.02 Å². The summed E-state index contributed by atoms with van der Waals surface area (Å²) in [5.41, 5.74) is 1.15. The number of halogens is 1. The number of nitrogens with zero attached hydrogens (tertiary/aromatic N) is 1. The zero-order chi connectivity index (χ0) is 10.7. The number of hydrogen-bond donors (Lipinski definition) is 1. The molecular formula is C12H16ClNO. The third-order valence-electron chi connectivity index (χ3n) is 2.78. The minimum absolute atomic E-state index is 0.223. The largest absolute Gasteiger partial charge is 0.395 e. The lowest BCUT2D eigenvalue weighted by Crippen LogP contribution is -2.28. The van der Waals surface area contributed by atoms with Gasteiger partial charge in [-0.15, -0.1) is 0 Å². The van der Waals surface area contributed by atoms with Crippen LogP contribution in [0.4, 0.5) is 0 Å². The van der Waals surface area contributed by atoms with Crippen LogP contribution in [0.5, 0.6) is 0 Å². The molecule has 0 amide bonds. The second-order valence-electron chi connectivity index (χ2n) is 4.02. The molecule has 1 aliphatic carbocycles. The van der Waals surface area contributed by atoms with Crippen molar-refractivity contribution in [1.29, 1.82) is 0 Å². The second kappa shape index (κ2) is 4.97. The Bertz CT molecular complexity index is 325. The summed E-state index contributed by atoms with van der Waals surface area (Å²) in [6.07, 6.45) is 2.51. The molecule has 1 fully saturated rings. The van der Waals surface area contributed by atoms with E-state index >= 15 is 0 Å². The summed E-state index contributed by atoms with van der Waals surface area (Å²) in [6, 6.07) is 8.58. The van der Waals surface area contributed by atoms with Crippen molar-refractivity contribution in [2.45, 2.75) is 25.4 Å². The normalized spacial score (nSPS) is 15.9. The molecular weight excluding hydrogens is 210 g/mol. The zero-order valence-electron chi connectivity index (χ0n) is 8.69. The Labute approximate surface area is 95.5 Å². The predicted octanol–water partition coefficient (Wildman–Crippen LogP) is 2.30. The summed E-state index contributed by atoms with van der Waals surface area (Å²) in [7, 11) is 0. The van der Waals surface area contributed by atoms with Gasteiger partial charge < -0.3 is 5.11 Å². The van der Waals surface area contributed by atoms with Gasteiger partial charge in [-0.3, -0.25) is 4.90 Å². The fourth-order valence-corrected chi connectivity index (χ4v) is 2.00. The quantitative estimate of drug-likeness (QED) is 0.831. The van der Waals surface area contributed by atoms with E-state index < -0.39 is 0 Å². The maximum Gasteiger partial charge on any atom is 0.0558 e. The molecule has 0 radical (unpaired) electrons. The van der Waals surface area contributed by atoms with Crippen molar-refractivity contribution in [3.05, 3.63) is 34.9 Å². The summed E-state index contributed by atoms with van der Waals surface area (Å²) in [5.74, 6) is 0. The topological polar surface area (TPSA) is 23.5 Å². The van der Waals surface area contributed by atoms with Gasteiger partial charge in [0.05, 0.1) is 6.61 Å². The molecule has 0 aromatic heterocycles. The van der Waals surface area contributed by atoms with Crippen LogP contribution in [0.25, 0.3) is 0 Å². The molecule has 0 heterocycles. The highest BCUT2D eigenvalue weighted by Gasteiger charge is 2.28. The van der Waals surface area contributed by atoms with Crippen LogP contribution < -0.4 is 0 Å². The predicted molar refractivity (Wildman–Crippen MR) is 62.0 cm³/mol. The molecule has 0 aliphatic heterocycles. The molecule has 3 heteroatoms. The zero-order valence-corrected chi connectivity index (χ0v) is 9.45. The van der Waals surface area contributed by atoms with E-state index in [1.807, 2.05) is 18.2 Å². The van der Waals surface area contributed by atoms with Crippen LogP contribution in [0.1, 0.15) is 18.4 Å². The lowest BCUT2D eigenvalue weighted by molar-refractivity contribution is 0.183. The number of benzene rings is 1. The molecule has 0 unspecified atom stereocenters. The first kappa shape index (κ1) is 10.9. The minimum Gasteiger partial charge on any atom is -0.395 e. The second-order valence-corrected chi connectivity index (χ2v) is 4.42. The standard InChI is InChI=1S/C12H16ClNO/c13-12-4-2-1-3-10(12)9-14(7-8-15)11-5-6-11/h1-4,11,15H,5-9H2. The van der Waals surface area contributed by atoms with E-state index in [0.29, 0.717) is 6.04 Å². The van der Waals surface area contributed by atoms with E-state index in [9.17, 15) is 0 Å². The Morgan fingerprint density at radius 2 is 2.07 bits per heavy atom. The lowest BCUT2D eigenvalue weighted by atomic mass is 10.2. The first-order valence-corrected chi connectivity index (χ1v) is 5.77. The number of aliphatic hydroxyl groups is 1. The van der Waals surface area contributed by atoms with E-state index in [1.165, 1.54) is 12.8 Å². The van der Waals surface area contributed by atoms with E-state index in [4.69, 9.17) is 16.7 Å². The molecule has 2 nitrogen and oxygen atoms in total. The van der Waals surface area contributed by atoms with Crippen molar-refractivity contribution in [3.63, 3.8) is 0 Å². The van der Waals surface area contributed by atoms with Crippen LogP contribution in [-0.2, 0) is 6.54 Å². The number of aliphatic hydroxyl groups excluding tert-OH is 1. The molecule has 1 aromatic carbocycles. The first-order chi connectivity index (χ1) is 7.31. The number of rotatable bonds is 5. The summed E-state index contributed by atoms with van der Waals surface area (Å²) in [4.78, 5) is 2.31. The van der Waals surface area contributed by atoms with Gasteiger partial charge in [-0.1, -0.05) is 29.8 Å². The molecule has 82 valence electrons. The van der Waals surface area contributed by atoms with Gasteiger partial charge in [-0.05, 0) is 24.5 Å². The molecule has 0 bridgehead atoms. The van der Waals surface area contributed by atoms with Gasteiger partial charge in [0.15, 0.2) is 0 Å². The minimum atomic E-state index is 0.223. The van der Waals surface area contributed by atoms with Crippen LogP contribution in [-0.4, -0.2) is 29.2 Å². The molecule has 0 saturated heterocycles. The lowest BCUT2D eigenvalue weighted by Gasteiger charge is -2.21. The maximum atomic E-state index is 8.99. The highest BCUT2D eigenvalue weighted by Crippen LogP contribution is 2.29. The van der Waals surface area contributed by atoms with E-state index in [1.54, 1.807) is 0 Å². The number of hydrogen-bond acceptors (Lipinski definition) is 2. The summed E-state index contributed by atoms with van der Waals surface area (Å²) < 4.78 is 0. The van der Waals surface area contributed by atoms with Crippen LogP contribution in [0, 0.1) is 0 Å². The fourth-order valence-electron chi connectivity index (χ4n) is 1.80. The van der Waals surface area contributed by atoms with Gasteiger partial charge in [0.1, 0.15) is 0 Å². The highest BCUT2D eigenvalue weighted by molar-refractivity contribution is 6.31. The summed E-state index contributed by atoms with van der Waals surface area (Å²) >= 11 is 6.10. The van der Waals surface area contributed by atoms with Crippen molar-refractivity contribution in [2.75, 3.05) is 13.2 Å². The van der Waals surface area contributed by atoms with E-state index in [-0.39, 0.29) is 6.61 Å². The van der Waals surface area contributed by atoms with Gasteiger partial charge in [0.25, 0.3) is 0 Å². The Morgan fingerprint density at radius 1 is 1.33 bits per heavy atom. The molecule has 0 spiro atoms. The van der Waals surface area contributed by atoms with Crippen molar-refractivity contribution >= 4 is 11.6 Å². The van der Waals surface area contributed by atoms with Gasteiger partial charge in [0.2, 0.25) is 0 Å². The van der Waals surface area contributed by atoms with E-state index in [0.717, 1.165) is 23.7 Å². The molecule has 15 heavy (non-hydrogen) atoms. The third-order valence-corrected chi connectivity index (χ3v) is 3.15. The van der Waals surface area contributed by atoms with E-state index in [2.05, 4.69) is 11.0 Å². The molecule has 0 atom stereocenters. The highest BCUT2D eigenvalue weighted by atomic mass is 35.5. The Kier molecular flexibility index (Phi) is 3.62. The monoisotopic (exact) mass is 225 g/mol. The van der Waals surface area contributed by atoms with Gasteiger partial charge in [-0.25, -0.2) is 0 Å². The summed E-state index contributed by atoms with van der Waals surface area (Å²) in [5, 5.41) is 9.81. The van der Waals surface area contributed by atoms with Crippen molar-refractivity contribution in [1.82, 2.24) is 4.90 Å². The van der Waals surface area contributed by atoms with Crippen molar-refractivity contribution < 1.29 is 5.11 Å². The Balaban J connectivity index is 2.02. The molecule has 1 saturated carbocycles. The average Bonchev–Trinajstić information content (AvgIpc) is 3.04. The van der Waals surface area contributed by atoms with Crippen LogP contribution in [0.15, 0.2) is 24.3 Å². The SMILES string of the molecule is OCCN(Cc1ccccc1Cl)C1CC1. The maximum absolute atomic E-state index is 8.99. The van der Waals surface area contributed by atoms with Crippen LogP contribution in [0.3, 0.4) is 0 Å². The van der Waals surface area contributed by atoms with Crippen molar-refractivity contribution in [2.24, 2.45) is 0 Å². The average molecular weight is 226 g/mol. The smallest absolute Gasteiger partial charge is 0.0558 e. The fraction of sp³-hybridized carbons (Fsp3) is 0.500. The molecule has 1 aromatic rings. The Morgan fingerprint density at radius 3 is 2.67 bits per heavy atom. The van der Waals surface area contributed by atoms with Gasteiger partial charge >= 0.3 is 0 Å². The Hall–Kier alpha value is -0.570. The third kappa shape index (κ3) is 2.94. The van der Waals surface area contributed by atoms with Crippen LogP contribution >= 0.6 is 11.6 Å². The van der Waals surface area contributed by atoms with Gasteiger partial charge in [-0.2, -0.15) is 0 Å². The first-order valence-electron chi connectivity index (χ1n) is 5.39. The van der Waals surface area contributed by atoms with Gasteiger partial charge in [0, 0.05) is 24.2 Å². The molecule has 2 rings (SSSR count). The van der Waals surface area contributed by atoms with Crippen molar-refractivity contribution in [3.8, 4) is 0 Å². The molecule has 1 aliphatic rings.